The number of nitrogen functional groups attached to an aromatic ring is 1. The van der Waals surface area contributed by atoms with E-state index in [0.29, 0.717) is 5.69 Å². The van der Waals surface area contributed by atoms with Crippen molar-refractivity contribution < 1.29 is 14.7 Å². The number of carbonyl (C=O) groups is 2. The Labute approximate surface area is 120 Å². The van der Waals surface area contributed by atoms with Crippen LogP contribution in [0.3, 0.4) is 0 Å². The molecule has 0 aliphatic heterocycles. The van der Waals surface area contributed by atoms with Crippen molar-refractivity contribution in [3.63, 3.8) is 0 Å². The van der Waals surface area contributed by atoms with Crippen LogP contribution in [-0.2, 0) is 0 Å². The Balaban J connectivity index is 2.18. The van der Waals surface area contributed by atoms with Crippen molar-refractivity contribution in [1.29, 1.82) is 0 Å². The quantitative estimate of drug-likeness (QED) is 0.642. The van der Waals surface area contributed by atoms with Crippen molar-refractivity contribution in [3.05, 3.63) is 65.4 Å². The fourth-order valence-electron chi connectivity index (χ4n) is 2.35. The third-order valence-corrected chi connectivity index (χ3v) is 3.38. The van der Waals surface area contributed by atoms with Crippen LogP contribution >= 0.6 is 0 Å². The van der Waals surface area contributed by atoms with E-state index in [-0.39, 0.29) is 16.8 Å². The van der Waals surface area contributed by atoms with Gasteiger partial charge in [0.15, 0.2) is 0 Å². The fraction of sp³-hybridized carbons (Fsp3) is 0. The molecule has 3 rings (SSSR count). The highest BCUT2D eigenvalue weighted by molar-refractivity contribution is 6.18. The third kappa shape index (κ3) is 2.04. The normalized spacial score (nSPS) is 10.7. The smallest absolute Gasteiger partial charge is 0.336 e. The molecular formula is C16H12N2O3. The number of aromatic amines is 1. The molecule has 4 N–H and O–H groups in total. The molecule has 0 saturated carbocycles. The molecule has 2 aromatic carbocycles. The SMILES string of the molecule is Nc1c(C(=O)c2ccccc2C(=O)O)[nH]c2ccccc12. The van der Waals surface area contributed by atoms with Gasteiger partial charge in [-0.3, -0.25) is 4.79 Å². The number of aromatic nitrogens is 1. The van der Waals surface area contributed by atoms with E-state index >= 15 is 0 Å². The second-order valence-electron chi connectivity index (χ2n) is 4.64. The summed E-state index contributed by atoms with van der Waals surface area (Å²) in [5.41, 5.74) is 7.36. The minimum atomic E-state index is -1.14. The van der Waals surface area contributed by atoms with E-state index in [9.17, 15) is 14.7 Å². The van der Waals surface area contributed by atoms with Gasteiger partial charge in [-0.15, -0.1) is 0 Å². The number of H-pyrrole nitrogens is 1. The molecule has 3 aromatic rings. The molecule has 0 bridgehead atoms. The Kier molecular flexibility index (Phi) is 2.95. The number of carboxylic acid groups (broad SMARTS) is 1. The van der Waals surface area contributed by atoms with Crippen LogP contribution in [0.25, 0.3) is 10.9 Å². The Morgan fingerprint density at radius 2 is 1.57 bits per heavy atom. The lowest BCUT2D eigenvalue weighted by molar-refractivity contribution is 0.0692. The van der Waals surface area contributed by atoms with E-state index in [2.05, 4.69) is 4.98 Å². The predicted octanol–water partition coefficient (Wildman–Crippen LogP) is 2.68. The summed E-state index contributed by atoms with van der Waals surface area (Å²) in [5, 5.41) is 9.92. The van der Waals surface area contributed by atoms with E-state index in [4.69, 9.17) is 5.73 Å². The van der Waals surface area contributed by atoms with Crippen LogP contribution in [-0.4, -0.2) is 21.8 Å². The fourth-order valence-corrected chi connectivity index (χ4v) is 2.35. The van der Waals surface area contributed by atoms with Crippen LogP contribution in [0, 0.1) is 0 Å². The van der Waals surface area contributed by atoms with Crippen molar-refractivity contribution in [2.45, 2.75) is 0 Å². The molecule has 5 heteroatoms. The molecular weight excluding hydrogens is 268 g/mol. The van der Waals surface area contributed by atoms with Gasteiger partial charge < -0.3 is 15.8 Å². The lowest BCUT2D eigenvalue weighted by atomic mass is 10.0. The van der Waals surface area contributed by atoms with Gasteiger partial charge in [0.25, 0.3) is 0 Å². The summed E-state index contributed by atoms with van der Waals surface area (Å²) < 4.78 is 0. The Morgan fingerprint density at radius 3 is 2.24 bits per heavy atom. The summed E-state index contributed by atoms with van der Waals surface area (Å²) >= 11 is 0. The van der Waals surface area contributed by atoms with Crippen molar-refractivity contribution in [1.82, 2.24) is 4.98 Å². The zero-order valence-corrected chi connectivity index (χ0v) is 11.0. The van der Waals surface area contributed by atoms with Gasteiger partial charge in [-0.1, -0.05) is 36.4 Å². The summed E-state index contributed by atoms with van der Waals surface area (Å²) in [6, 6.07) is 13.4. The number of anilines is 1. The number of nitrogens with two attached hydrogens (primary N) is 1. The highest BCUT2D eigenvalue weighted by atomic mass is 16.4. The molecule has 104 valence electrons. The van der Waals surface area contributed by atoms with E-state index in [1.54, 1.807) is 18.2 Å². The van der Waals surface area contributed by atoms with Gasteiger partial charge >= 0.3 is 5.97 Å². The number of ketones is 1. The highest BCUT2D eigenvalue weighted by Crippen LogP contribution is 2.27. The van der Waals surface area contributed by atoms with E-state index in [1.165, 1.54) is 12.1 Å². The standard InChI is InChI=1S/C16H12N2O3/c17-13-11-7-3-4-8-12(11)18-14(13)15(19)9-5-1-2-6-10(9)16(20)21/h1-8,18H,17H2,(H,20,21). The van der Waals surface area contributed by atoms with Gasteiger partial charge in [-0.05, 0) is 12.1 Å². The van der Waals surface area contributed by atoms with Gasteiger partial charge in [-0.2, -0.15) is 0 Å². The molecule has 1 aromatic heterocycles. The molecule has 0 amide bonds. The first-order valence-electron chi connectivity index (χ1n) is 6.33. The van der Waals surface area contributed by atoms with Crippen molar-refractivity contribution in [3.8, 4) is 0 Å². The molecule has 0 radical (unpaired) electrons. The number of fused-ring (bicyclic) bond motifs is 1. The lowest BCUT2D eigenvalue weighted by Crippen LogP contribution is -2.11. The van der Waals surface area contributed by atoms with Crippen molar-refractivity contribution in [2.24, 2.45) is 0 Å². The Hall–Kier alpha value is -3.08. The van der Waals surface area contributed by atoms with E-state index < -0.39 is 11.8 Å². The minimum absolute atomic E-state index is 0.0412. The molecule has 0 aliphatic carbocycles. The lowest BCUT2D eigenvalue weighted by Gasteiger charge is -2.04. The van der Waals surface area contributed by atoms with Crippen molar-refractivity contribution in [2.75, 3.05) is 5.73 Å². The van der Waals surface area contributed by atoms with Crippen LogP contribution in [0.1, 0.15) is 26.4 Å². The number of carboxylic acids is 1. The maximum atomic E-state index is 12.6. The molecule has 0 aliphatic rings. The second-order valence-corrected chi connectivity index (χ2v) is 4.64. The van der Waals surface area contributed by atoms with Gasteiger partial charge in [0.05, 0.1) is 11.3 Å². The second kappa shape index (κ2) is 4.79. The summed E-state index contributed by atoms with van der Waals surface area (Å²) in [6.45, 7) is 0. The number of hydrogen-bond donors (Lipinski definition) is 3. The number of hydrogen-bond acceptors (Lipinski definition) is 3. The van der Waals surface area contributed by atoms with Crippen LogP contribution < -0.4 is 5.73 Å². The van der Waals surface area contributed by atoms with E-state index in [0.717, 1.165) is 10.9 Å². The first-order valence-corrected chi connectivity index (χ1v) is 6.33. The van der Waals surface area contributed by atoms with Crippen molar-refractivity contribution >= 4 is 28.3 Å². The topological polar surface area (TPSA) is 96.2 Å². The number of rotatable bonds is 3. The van der Waals surface area contributed by atoms with Gasteiger partial charge in [0.2, 0.25) is 5.78 Å². The van der Waals surface area contributed by atoms with Crippen LogP contribution in [0.4, 0.5) is 5.69 Å². The first-order chi connectivity index (χ1) is 10.1. The third-order valence-electron chi connectivity index (χ3n) is 3.38. The zero-order valence-electron chi connectivity index (χ0n) is 11.0. The summed E-state index contributed by atoms with van der Waals surface area (Å²) in [5.74, 6) is -1.57. The van der Waals surface area contributed by atoms with Crippen LogP contribution in [0.5, 0.6) is 0 Å². The van der Waals surface area contributed by atoms with E-state index in [1.807, 2.05) is 18.2 Å². The zero-order chi connectivity index (χ0) is 15.0. The number of aromatic carboxylic acids is 1. The first kappa shape index (κ1) is 12.9. The maximum Gasteiger partial charge on any atom is 0.336 e. The van der Waals surface area contributed by atoms with Gasteiger partial charge in [0.1, 0.15) is 5.69 Å². The molecule has 0 saturated heterocycles. The average Bonchev–Trinajstić information content (AvgIpc) is 2.84. The van der Waals surface area contributed by atoms with Gasteiger partial charge in [0, 0.05) is 16.5 Å². The molecule has 1 heterocycles. The van der Waals surface area contributed by atoms with Gasteiger partial charge in [-0.25, -0.2) is 4.79 Å². The predicted molar refractivity (Wildman–Crippen MR) is 79.5 cm³/mol. The maximum absolute atomic E-state index is 12.6. The number of nitrogens with one attached hydrogen (secondary N) is 1. The number of benzene rings is 2. The molecule has 21 heavy (non-hydrogen) atoms. The Bertz CT molecular complexity index is 865. The number of para-hydroxylation sites is 1. The minimum Gasteiger partial charge on any atom is -0.478 e. The number of carbonyl (C=O) groups excluding carboxylic acids is 1. The molecule has 0 atom stereocenters. The van der Waals surface area contributed by atoms with Crippen LogP contribution in [0.15, 0.2) is 48.5 Å². The molecule has 0 unspecified atom stereocenters. The monoisotopic (exact) mass is 280 g/mol. The highest BCUT2D eigenvalue weighted by Gasteiger charge is 2.21. The summed E-state index contributed by atoms with van der Waals surface area (Å²) in [4.78, 5) is 26.8. The molecule has 5 nitrogen and oxygen atoms in total. The molecule has 0 spiro atoms. The summed E-state index contributed by atoms with van der Waals surface area (Å²) in [6.07, 6.45) is 0. The largest absolute Gasteiger partial charge is 0.478 e. The van der Waals surface area contributed by atoms with Crippen LogP contribution in [0.2, 0.25) is 0 Å². The summed E-state index contributed by atoms with van der Waals surface area (Å²) in [7, 11) is 0. The molecule has 0 fully saturated rings. The Morgan fingerprint density at radius 1 is 0.952 bits per heavy atom. The average molecular weight is 280 g/mol.